The van der Waals surface area contributed by atoms with Gasteiger partial charge in [0.2, 0.25) is 5.95 Å². The molecule has 0 radical (unpaired) electrons. The van der Waals surface area contributed by atoms with Crippen LogP contribution in [0.15, 0.2) is 6.07 Å². The van der Waals surface area contributed by atoms with Crippen LogP contribution in [0.5, 0.6) is 0 Å². The molecular weight excluding hydrogens is 295 g/mol. The minimum Gasteiger partial charge on any atom is -0.351 e. The Balaban J connectivity index is 1.78. The molecule has 2 aromatic rings. The van der Waals surface area contributed by atoms with Crippen LogP contribution in [0.2, 0.25) is 0 Å². The van der Waals surface area contributed by atoms with Gasteiger partial charge in [0.15, 0.2) is 0 Å². The number of nitrogens with zero attached hydrogens (tertiary/aromatic N) is 3. The standard InChI is InChI=1S/C14H16F3N5/c1-7-5-12(14(15,16)17)22-13(18-7)21-9-3-4-10-11(6-9)20-8(2)19-10/h5,9H,3-4,6H2,1-2H3,(H,19,20)(H,18,21,22). The maximum atomic E-state index is 12.8. The van der Waals surface area contributed by atoms with E-state index in [1.165, 1.54) is 6.92 Å². The average molecular weight is 311 g/mol. The fourth-order valence-electron chi connectivity index (χ4n) is 2.71. The predicted octanol–water partition coefficient (Wildman–Crippen LogP) is 2.80. The summed E-state index contributed by atoms with van der Waals surface area (Å²) in [6.45, 7) is 3.42. The number of imidazole rings is 1. The normalized spacial score (nSPS) is 18.1. The van der Waals surface area contributed by atoms with Gasteiger partial charge < -0.3 is 10.3 Å². The highest BCUT2D eigenvalue weighted by Gasteiger charge is 2.33. The molecule has 2 aromatic heterocycles. The molecule has 0 amide bonds. The number of H-pyrrole nitrogens is 1. The van der Waals surface area contributed by atoms with Crippen molar-refractivity contribution in [1.29, 1.82) is 0 Å². The largest absolute Gasteiger partial charge is 0.433 e. The van der Waals surface area contributed by atoms with Gasteiger partial charge in [-0.05, 0) is 32.8 Å². The molecule has 5 nitrogen and oxygen atoms in total. The number of aryl methyl sites for hydroxylation is 3. The van der Waals surface area contributed by atoms with Crippen LogP contribution in [0.1, 0.15) is 35.0 Å². The molecule has 8 heteroatoms. The molecule has 0 fully saturated rings. The van der Waals surface area contributed by atoms with E-state index in [1.807, 2.05) is 6.92 Å². The number of hydrogen-bond acceptors (Lipinski definition) is 4. The van der Waals surface area contributed by atoms with Crippen LogP contribution in [0, 0.1) is 13.8 Å². The van der Waals surface area contributed by atoms with Crippen molar-refractivity contribution in [3.05, 3.63) is 34.7 Å². The van der Waals surface area contributed by atoms with Crippen molar-refractivity contribution in [1.82, 2.24) is 19.9 Å². The van der Waals surface area contributed by atoms with Crippen LogP contribution in [0.25, 0.3) is 0 Å². The quantitative estimate of drug-likeness (QED) is 0.895. The molecule has 0 bridgehead atoms. The molecule has 0 saturated heterocycles. The van der Waals surface area contributed by atoms with E-state index in [1.54, 1.807) is 0 Å². The second-order valence-electron chi connectivity index (χ2n) is 5.55. The summed E-state index contributed by atoms with van der Waals surface area (Å²) in [7, 11) is 0. The van der Waals surface area contributed by atoms with Crippen molar-refractivity contribution in [2.24, 2.45) is 0 Å². The zero-order valence-corrected chi connectivity index (χ0v) is 12.3. The summed E-state index contributed by atoms with van der Waals surface area (Å²) < 4.78 is 38.4. The van der Waals surface area contributed by atoms with Crippen LogP contribution in [-0.2, 0) is 19.0 Å². The molecule has 3 rings (SSSR count). The molecule has 1 atom stereocenters. The Bertz CT molecular complexity index is 692. The molecular formula is C14H16F3N5. The Morgan fingerprint density at radius 3 is 2.73 bits per heavy atom. The lowest BCUT2D eigenvalue weighted by molar-refractivity contribution is -0.141. The summed E-state index contributed by atoms with van der Waals surface area (Å²) in [5, 5.41) is 3.01. The fourth-order valence-corrected chi connectivity index (χ4v) is 2.71. The lowest BCUT2D eigenvalue weighted by Crippen LogP contribution is -2.29. The van der Waals surface area contributed by atoms with Gasteiger partial charge in [0, 0.05) is 23.9 Å². The van der Waals surface area contributed by atoms with E-state index in [2.05, 4.69) is 25.3 Å². The van der Waals surface area contributed by atoms with Crippen LogP contribution in [0.3, 0.4) is 0 Å². The van der Waals surface area contributed by atoms with Crippen molar-refractivity contribution >= 4 is 5.95 Å². The monoisotopic (exact) mass is 311 g/mol. The second kappa shape index (κ2) is 5.26. The van der Waals surface area contributed by atoms with Gasteiger partial charge in [-0.3, -0.25) is 0 Å². The molecule has 2 heterocycles. The number of aromatic amines is 1. The van der Waals surface area contributed by atoms with E-state index in [9.17, 15) is 13.2 Å². The Hall–Kier alpha value is -2.12. The highest BCUT2D eigenvalue weighted by atomic mass is 19.4. The molecule has 1 aliphatic rings. The Labute approximate surface area is 125 Å². The van der Waals surface area contributed by atoms with Crippen molar-refractivity contribution < 1.29 is 13.2 Å². The lowest BCUT2D eigenvalue weighted by Gasteiger charge is -2.23. The average Bonchev–Trinajstić information content (AvgIpc) is 2.76. The van der Waals surface area contributed by atoms with E-state index in [4.69, 9.17) is 0 Å². The van der Waals surface area contributed by atoms with Crippen molar-refractivity contribution in [2.45, 2.75) is 45.3 Å². The summed E-state index contributed by atoms with van der Waals surface area (Å²) >= 11 is 0. The Morgan fingerprint density at radius 1 is 1.23 bits per heavy atom. The number of anilines is 1. The number of aromatic nitrogens is 4. The molecule has 2 N–H and O–H groups in total. The topological polar surface area (TPSA) is 66.5 Å². The SMILES string of the molecule is Cc1cc(C(F)(F)F)nc(NC2CCc3nc(C)[nH]c3C2)n1. The van der Waals surface area contributed by atoms with Gasteiger partial charge in [0.1, 0.15) is 11.5 Å². The summed E-state index contributed by atoms with van der Waals surface area (Å²) in [6.07, 6.45) is -2.22. The first-order chi connectivity index (χ1) is 10.3. The first-order valence-corrected chi connectivity index (χ1v) is 7.05. The lowest BCUT2D eigenvalue weighted by atomic mass is 9.96. The molecule has 0 saturated carbocycles. The van der Waals surface area contributed by atoms with Gasteiger partial charge in [-0.15, -0.1) is 0 Å². The summed E-state index contributed by atoms with van der Waals surface area (Å²) in [4.78, 5) is 15.2. The molecule has 0 aromatic carbocycles. The third-order valence-corrected chi connectivity index (χ3v) is 3.64. The van der Waals surface area contributed by atoms with Crippen molar-refractivity contribution in [3.8, 4) is 0 Å². The molecule has 1 unspecified atom stereocenters. The Kier molecular flexibility index (Phi) is 3.54. The smallest absolute Gasteiger partial charge is 0.351 e. The first-order valence-electron chi connectivity index (χ1n) is 7.05. The highest BCUT2D eigenvalue weighted by molar-refractivity contribution is 5.32. The zero-order valence-electron chi connectivity index (χ0n) is 12.3. The number of alkyl halides is 3. The number of halogens is 3. The number of rotatable bonds is 2. The molecule has 0 aliphatic heterocycles. The minimum atomic E-state index is -4.47. The zero-order chi connectivity index (χ0) is 15.9. The maximum absolute atomic E-state index is 12.8. The van der Waals surface area contributed by atoms with E-state index in [-0.39, 0.29) is 12.0 Å². The highest BCUT2D eigenvalue weighted by Crippen LogP contribution is 2.29. The summed E-state index contributed by atoms with van der Waals surface area (Å²) in [5.41, 5.74) is 1.44. The molecule has 22 heavy (non-hydrogen) atoms. The van der Waals surface area contributed by atoms with Crippen LogP contribution < -0.4 is 5.32 Å². The van der Waals surface area contributed by atoms with E-state index in [0.717, 1.165) is 36.1 Å². The van der Waals surface area contributed by atoms with Gasteiger partial charge in [0.25, 0.3) is 0 Å². The minimum absolute atomic E-state index is 0.00441. The second-order valence-corrected chi connectivity index (χ2v) is 5.55. The van der Waals surface area contributed by atoms with Crippen molar-refractivity contribution in [2.75, 3.05) is 5.32 Å². The molecule has 118 valence electrons. The van der Waals surface area contributed by atoms with Gasteiger partial charge in [0.05, 0.1) is 5.69 Å². The number of hydrogen-bond donors (Lipinski definition) is 2. The predicted molar refractivity (Wildman–Crippen MR) is 74.5 cm³/mol. The fraction of sp³-hybridized carbons (Fsp3) is 0.500. The van der Waals surface area contributed by atoms with Crippen molar-refractivity contribution in [3.63, 3.8) is 0 Å². The van der Waals surface area contributed by atoms with E-state index in [0.29, 0.717) is 12.1 Å². The van der Waals surface area contributed by atoms with Gasteiger partial charge in [-0.2, -0.15) is 13.2 Å². The maximum Gasteiger partial charge on any atom is 0.433 e. The van der Waals surface area contributed by atoms with Gasteiger partial charge in [-0.1, -0.05) is 0 Å². The number of nitrogens with one attached hydrogen (secondary N) is 2. The van der Waals surface area contributed by atoms with E-state index >= 15 is 0 Å². The molecule has 0 spiro atoms. The van der Waals surface area contributed by atoms with E-state index < -0.39 is 11.9 Å². The van der Waals surface area contributed by atoms with Gasteiger partial charge in [-0.25, -0.2) is 15.0 Å². The summed E-state index contributed by atoms with van der Waals surface area (Å²) in [6, 6.07) is 0.942. The number of fused-ring (bicyclic) bond motifs is 1. The van der Waals surface area contributed by atoms with Crippen LogP contribution in [-0.4, -0.2) is 26.0 Å². The molecule has 1 aliphatic carbocycles. The Morgan fingerprint density at radius 2 is 2.00 bits per heavy atom. The third kappa shape index (κ3) is 3.05. The summed E-state index contributed by atoms with van der Waals surface area (Å²) in [5.74, 6) is 0.883. The third-order valence-electron chi connectivity index (χ3n) is 3.64. The van der Waals surface area contributed by atoms with Crippen LogP contribution in [0.4, 0.5) is 19.1 Å². The van der Waals surface area contributed by atoms with Crippen LogP contribution >= 0.6 is 0 Å². The first kappa shape index (κ1) is 14.8. The van der Waals surface area contributed by atoms with Gasteiger partial charge >= 0.3 is 6.18 Å².